The van der Waals surface area contributed by atoms with Crippen molar-refractivity contribution in [1.29, 1.82) is 0 Å². The lowest BCUT2D eigenvalue weighted by atomic mass is 10.3. The number of unbranched alkanes of at least 4 members (excludes halogenated alkanes) is 1. The van der Waals surface area contributed by atoms with E-state index in [4.69, 9.17) is 16.3 Å². The summed E-state index contributed by atoms with van der Waals surface area (Å²) < 4.78 is 59.6. The second kappa shape index (κ2) is 12.3. The molecule has 0 radical (unpaired) electrons. The SMILES string of the molecule is CCCCNS(=O)(=O)c1ccc(OCC(=O)Nc2ccc(S(=O)(=O)N3CCN(C)CC3)cc2)c(Cl)c1. The quantitative estimate of drug-likeness (QED) is 0.406. The van der Waals surface area contributed by atoms with E-state index in [0.717, 1.165) is 12.8 Å². The zero-order valence-corrected chi connectivity index (χ0v) is 22.6. The Morgan fingerprint density at radius 3 is 2.25 bits per heavy atom. The average Bonchev–Trinajstić information content (AvgIpc) is 2.84. The van der Waals surface area contributed by atoms with Crippen LogP contribution < -0.4 is 14.8 Å². The molecule has 1 saturated heterocycles. The van der Waals surface area contributed by atoms with Crippen molar-refractivity contribution in [2.45, 2.75) is 29.6 Å². The van der Waals surface area contributed by atoms with Crippen LogP contribution in [0.5, 0.6) is 5.75 Å². The van der Waals surface area contributed by atoms with E-state index in [1.807, 2.05) is 14.0 Å². The van der Waals surface area contributed by atoms with Crippen molar-refractivity contribution >= 4 is 43.2 Å². The summed E-state index contributed by atoms with van der Waals surface area (Å²) in [4.78, 5) is 14.6. The van der Waals surface area contributed by atoms with Crippen LogP contribution in [0.4, 0.5) is 5.69 Å². The Labute approximate surface area is 217 Å². The molecular weight excluding hydrogens is 528 g/mol. The number of halogens is 1. The lowest BCUT2D eigenvalue weighted by molar-refractivity contribution is -0.118. The van der Waals surface area contributed by atoms with Crippen molar-refractivity contribution in [3.05, 3.63) is 47.5 Å². The summed E-state index contributed by atoms with van der Waals surface area (Å²) in [6, 6.07) is 9.94. The van der Waals surface area contributed by atoms with Crippen molar-refractivity contribution in [1.82, 2.24) is 13.9 Å². The van der Waals surface area contributed by atoms with Gasteiger partial charge in [-0.1, -0.05) is 24.9 Å². The molecule has 2 aromatic carbocycles. The van der Waals surface area contributed by atoms with Crippen molar-refractivity contribution < 1.29 is 26.4 Å². The van der Waals surface area contributed by atoms with Gasteiger partial charge in [0.05, 0.1) is 14.8 Å². The number of rotatable bonds is 11. The lowest BCUT2D eigenvalue weighted by Gasteiger charge is -2.31. The predicted octanol–water partition coefficient (Wildman–Crippen LogP) is 2.37. The van der Waals surface area contributed by atoms with Crippen LogP contribution in [0, 0.1) is 0 Å². The fraction of sp³-hybridized carbons (Fsp3) is 0.435. The molecule has 0 spiro atoms. The minimum atomic E-state index is -3.68. The summed E-state index contributed by atoms with van der Waals surface area (Å²) in [6.45, 7) is 4.12. The molecule has 0 aromatic heterocycles. The van der Waals surface area contributed by atoms with Gasteiger partial charge in [0, 0.05) is 38.4 Å². The Bertz CT molecular complexity index is 1260. The van der Waals surface area contributed by atoms with Crippen LogP contribution in [-0.4, -0.2) is 78.3 Å². The molecule has 2 aromatic rings. The van der Waals surface area contributed by atoms with E-state index in [1.54, 1.807) is 0 Å². The van der Waals surface area contributed by atoms with Gasteiger partial charge in [-0.15, -0.1) is 0 Å². The molecule has 0 atom stereocenters. The molecular formula is C23H31ClN4O6S2. The molecule has 1 fully saturated rings. The van der Waals surface area contributed by atoms with E-state index < -0.39 is 26.0 Å². The third-order valence-corrected chi connectivity index (χ3v) is 9.30. The number of carbonyl (C=O) groups is 1. The van der Waals surface area contributed by atoms with Crippen molar-refractivity contribution in [3.63, 3.8) is 0 Å². The van der Waals surface area contributed by atoms with E-state index in [-0.39, 0.29) is 27.2 Å². The minimum absolute atomic E-state index is 0.00650. The number of benzene rings is 2. The Morgan fingerprint density at radius 1 is 1.00 bits per heavy atom. The molecule has 13 heteroatoms. The number of hydrogen-bond donors (Lipinski definition) is 2. The van der Waals surface area contributed by atoms with E-state index in [1.165, 1.54) is 46.8 Å². The highest BCUT2D eigenvalue weighted by Crippen LogP contribution is 2.27. The molecule has 0 aliphatic carbocycles. The molecule has 3 rings (SSSR count). The highest BCUT2D eigenvalue weighted by atomic mass is 35.5. The first-order valence-corrected chi connectivity index (χ1v) is 14.8. The molecule has 2 N–H and O–H groups in total. The van der Waals surface area contributed by atoms with Gasteiger partial charge in [-0.2, -0.15) is 4.31 Å². The number of hydrogen-bond acceptors (Lipinski definition) is 7. The van der Waals surface area contributed by atoms with E-state index in [9.17, 15) is 21.6 Å². The first-order valence-electron chi connectivity index (χ1n) is 11.5. The topological polar surface area (TPSA) is 125 Å². The van der Waals surface area contributed by atoms with Gasteiger partial charge in [-0.05, 0) is 55.9 Å². The standard InChI is InChI=1S/C23H31ClN4O6S2/c1-3-4-11-25-35(30,31)20-9-10-22(21(24)16-20)34-17-23(29)26-18-5-7-19(8-6-18)36(32,33)28-14-12-27(2)13-15-28/h5-10,16,25H,3-4,11-15,17H2,1-2H3,(H,26,29). The summed E-state index contributed by atoms with van der Waals surface area (Å²) in [5.74, 6) is -0.327. The maximum atomic E-state index is 12.8. The van der Waals surface area contributed by atoms with Gasteiger partial charge in [0.15, 0.2) is 6.61 Å². The molecule has 1 aliphatic rings. The second-order valence-electron chi connectivity index (χ2n) is 8.41. The van der Waals surface area contributed by atoms with Gasteiger partial charge < -0.3 is 15.0 Å². The first kappa shape index (κ1) is 28.4. The highest BCUT2D eigenvalue weighted by molar-refractivity contribution is 7.89. The van der Waals surface area contributed by atoms with Gasteiger partial charge >= 0.3 is 0 Å². The highest BCUT2D eigenvalue weighted by Gasteiger charge is 2.27. The van der Waals surface area contributed by atoms with Crippen LogP contribution in [0.1, 0.15) is 19.8 Å². The van der Waals surface area contributed by atoms with Crippen LogP contribution in [0.2, 0.25) is 5.02 Å². The Hall–Kier alpha value is -2.22. The smallest absolute Gasteiger partial charge is 0.262 e. The van der Waals surface area contributed by atoms with Gasteiger partial charge in [-0.25, -0.2) is 21.6 Å². The molecule has 1 heterocycles. The number of amides is 1. The Morgan fingerprint density at radius 2 is 1.64 bits per heavy atom. The summed E-state index contributed by atoms with van der Waals surface area (Å²) in [5.41, 5.74) is 0.409. The van der Waals surface area contributed by atoms with Crippen LogP contribution in [0.15, 0.2) is 52.3 Å². The normalized spacial score (nSPS) is 15.5. The van der Waals surface area contributed by atoms with Crippen molar-refractivity contribution in [3.8, 4) is 5.75 Å². The van der Waals surface area contributed by atoms with E-state index in [0.29, 0.717) is 38.4 Å². The number of nitrogens with zero attached hydrogens (tertiary/aromatic N) is 2. The number of likely N-dealkylation sites (N-methyl/N-ethyl adjacent to an activating group) is 1. The fourth-order valence-electron chi connectivity index (χ4n) is 3.46. The van der Waals surface area contributed by atoms with E-state index in [2.05, 4.69) is 14.9 Å². The zero-order valence-electron chi connectivity index (χ0n) is 20.2. The number of piperazine rings is 1. The van der Waals surface area contributed by atoms with Gasteiger partial charge in [-0.3, -0.25) is 4.79 Å². The Kier molecular flexibility index (Phi) is 9.72. The number of sulfonamides is 2. The third kappa shape index (κ3) is 7.40. The molecule has 0 unspecified atom stereocenters. The van der Waals surface area contributed by atoms with Crippen LogP contribution in [0.25, 0.3) is 0 Å². The maximum absolute atomic E-state index is 12.8. The molecule has 1 aliphatic heterocycles. The number of anilines is 1. The minimum Gasteiger partial charge on any atom is -0.482 e. The molecule has 0 bridgehead atoms. The van der Waals surface area contributed by atoms with Crippen molar-refractivity contribution in [2.24, 2.45) is 0 Å². The third-order valence-electron chi connectivity index (χ3n) is 5.63. The van der Waals surface area contributed by atoms with Gasteiger partial charge in [0.25, 0.3) is 5.91 Å². The number of nitrogens with one attached hydrogen (secondary N) is 2. The van der Waals surface area contributed by atoms with Gasteiger partial charge in [0.1, 0.15) is 5.75 Å². The van der Waals surface area contributed by atoms with Crippen molar-refractivity contribution in [2.75, 3.05) is 51.7 Å². The monoisotopic (exact) mass is 558 g/mol. The predicted molar refractivity (Wildman–Crippen MR) is 138 cm³/mol. The molecule has 36 heavy (non-hydrogen) atoms. The summed E-state index contributed by atoms with van der Waals surface area (Å²) >= 11 is 6.16. The summed E-state index contributed by atoms with van der Waals surface area (Å²) in [5, 5.41) is 2.69. The second-order valence-corrected chi connectivity index (χ2v) is 12.5. The number of ether oxygens (including phenoxy) is 1. The Balaban J connectivity index is 1.55. The van der Waals surface area contributed by atoms with Crippen LogP contribution in [-0.2, 0) is 24.8 Å². The van der Waals surface area contributed by atoms with Gasteiger partial charge in [0.2, 0.25) is 20.0 Å². The molecule has 10 nitrogen and oxygen atoms in total. The van der Waals surface area contributed by atoms with E-state index >= 15 is 0 Å². The largest absolute Gasteiger partial charge is 0.482 e. The zero-order chi connectivity index (χ0) is 26.3. The maximum Gasteiger partial charge on any atom is 0.262 e. The van der Waals surface area contributed by atoms with Crippen LogP contribution >= 0.6 is 11.6 Å². The average molecular weight is 559 g/mol. The summed E-state index contributed by atoms with van der Waals surface area (Å²) in [7, 11) is -5.33. The first-order chi connectivity index (χ1) is 17.0. The van der Waals surface area contributed by atoms with Crippen LogP contribution in [0.3, 0.4) is 0 Å². The summed E-state index contributed by atoms with van der Waals surface area (Å²) in [6.07, 6.45) is 1.58. The number of carbonyl (C=O) groups excluding carboxylic acids is 1. The molecule has 1 amide bonds. The lowest BCUT2D eigenvalue weighted by Crippen LogP contribution is -2.46. The fourth-order valence-corrected chi connectivity index (χ4v) is 6.28. The molecule has 0 saturated carbocycles. The molecule has 198 valence electrons.